The summed E-state index contributed by atoms with van der Waals surface area (Å²) in [6.07, 6.45) is 0. The van der Waals surface area contributed by atoms with E-state index in [1.165, 1.54) is 4.90 Å². The molecule has 0 saturated carbocycles. The second-order valence-corrected chi connectivity index (χ2v) is 4.44. The Morgan fingerprint density at radius 1 is 1.14 bits per heavy atom. The van der Waals surface area contributed by atoms with Crippen LogP contribution in [0.15, 0.2) is 46.0 Å². The van der Waals surface area contributed by atoms with E-state index in [9.17, 15) is 14.4 Å². The van der Waals surface area contributed by atoms with Crippen LogP contribution in [0.2, 0.25) is 0 Å². The third-order valence-electron chi connectivity index (χ3n) is 2.86. The Kier molecular flexibility index (Phi) is 4.68. The predicted molar refractivity (Wildman–Crippen MR) is 76.0 cm³/mol. The first-order valence-corrected chi connectivity index (χ1v) is 6.38. The number of aromatic amines is 2. The van der Waals surface area contributed by atoms with Crippen molar-refractivity contribution in [2.24, 2.45) is 0 Å². The largest absolute Gasteiger partial charge is 0.395 e. The Balaban J connectivity index is 2.26. The molecule has 2 aromatic rings. The van der Waals surface area contributed by atoms with Crippen molar-refractivity contribution < 1.29 is 9.90 Å². The fourth-order valence-corrected chi connectivity index (χ4v) is 1.93. The van der Waals surface area contributed by atoms with Crippen LogP contribution in [0.1, 0.15) is 16.1 Å². The molecule has 0 unspecified atom stereocenters. The molecule has 3 N–H and O–H groups in total. The first-order chi connectivity index (χ1) is 10.1. The predicted octanol–water partition coefficient (Wildman–Crippen LogP) is -0.302. The zero-order chi connectivity index (χ0) is 15.2. The number of hydrogen-bond acceptors (Lipinski definition) is 4. The summed E-state index contributed by atoms with van der Waals surface area (Å²) in [5, 5.41) is 9.09. The average molecular weight is 289 g/mol. The van der Waals surface area contributed by atoms with E-state index in [0.29, 0.717) is 0 Å². The third-order valence-corrected chi connectivity index (χ3v) is 2.86. The zero-order valence-electron chi connectivity index (χ0n) is 11.2. The van der Waals surface area contributed by atoms with Crippen molar-refractivity contribution >= 4 is 5.91 Å². The number of carbonyl (C=O) groups is 1. The number of H-pyrrole nitrogens is 2. The van der Waals surface area contributed by atoms with E-state index in [0.717, 1.165) is 11.6 Å². The monoisotopic (exact) mass is 289 g/mol. The Morgan fingerprint density at radius 3 is 2.48 bits per heavy atom. The average Bonchev–Trinajstić information content (AvgIpc) is 2.46. The Bertz CT molecular complexity index is 692. The summed E-state index contributed by atoms with van der Waals surface area (Å²) < 4.78 is 0. The highest BCUT2D eigenvalue weighted by Gasteiger charge is 2.17. The number of benzene rings is 1. The highest BCUT2D eigenvalue weighted by molar-refractivity contribution is 5.92. The number of carbonyl (C=O) groups excluding carboxylic acids is 1. The van der Waals surface area contributed by atoms with Crippen molar-refractivity contribution in [1.82, 2.24) is 14.9 Å². The zero-order valence-corrected chi connectivity index (χ0v) is 11.2. The van der Waals surface area contributed by atoms with Crippen molar-refractivity contribution in [3.63, 3.8) is 0 Å². The number of aromatic nitrogens is 2. The molecule has 7 heteroatoms. The standard InChI is InChI=1S/C14H15N3O4/c18-7-6-17(9-10-4-2-1-3-5-10)13(20)11-8-12(19)16-14(21)15-11/h1-5,8,18H,6-7,9H2,(H2,15,16,19,21). The van der Waals surface area contributed by atoms with Crippen LogP contribution in [0, 0.1) is 0 Å². The highest BCUT2D eigenvalue weighted by atomic mass is 16.3. The molecule has 2 rings (SSSR count). The minimum Gasteiger partial charge on any atom is -0.395 e. The van der Waals surface area contributed by atoms with Crippen molar-refractivity contribution in [2.45, 2.75) is 6.54 Å². The summed E-state index contributed by atoms with van der Waals surface area (Å²) in [4.78, 5) is 40.5. The lowest BCUT2D eigenvalue weighted by molar-refractivity contribution is 0.0701. The van der Waals surface area contributed by atoms with Gasteiger partial charge in [-0.05, 0) is 5.56 Å². The van der Waals surface area contributed by atoms with Crippen LogP contribution in [0.5, 0.6) is 0 Å². The molecule has 0 radical (unpaired) electrons. The molecule has 21 heavy (non-hydrogen) atoms. The second-order valence-electron chi connectivity index (χ2n) is 4.44. The number of nitrogens with one attached hydrogen (secondary N) is 2. The molecule has 0 atom stereocenters. The molecular weight excluding hydrogens is 274 g/mol. The minimum absolute atomic E-state index is 0.0998. The first kappa shape index (κ1) is 14.7. The van der Waals surface area contributed by atoms with Gasteiger partial charge in [0.2, 0.25) is 0 Å². The fourth-order valence-electron chi connectivity index (χ4n) is 1.93. The van der Waals surface area contributed by atoms with Gasteiger partial charge in [-0.3, -0.25) is 14.6 Å². The van der Waals surface area contributed by atoms with Gasteiger partial charge < -0.3 is 15.0 Å². The van der Waals surface area contributed by atoms with Gasteiger partial charge in [0.05, 0.1) is 6.61 Å². The van der Waals surface area contributed by atoms with E-state index in [1.54, 1.807) is 0 Å². The number of nitrogens with zero attached hydrogens (tertiary/aromatic N) is 1. The summed E-state index contributed by atoms with van der Waals surface area (Å²) in [5.41, 5.74) is -0.611. The number of rotatable bonds is 5. The van der Waals surface area contributed by atoms with E-state index in [2.05, 4.69) is 4.98 Å². The molecule has 1 aromatic carbocycles. The van der Waals surface area contributed by atoms with Gasteiger partial charge in [0, 0.05) is 19.2 Å². The van der Waals surface area contributed by atoms with Crippen LogP contribution in [0.25, 0.3) is 0 Å². The number of aliphatic hydroxyl groups excluding tert-OH is 1. The number of amides is 1. The van der Waals surface area contributed by atoms with Crippen LogP contribution in [-0.2, 0) is 6.54 Å². The molecule has 7 nitrogen and oxygen atoms in total. The lowest BCUT2D eigenvalue weighted by Crippen LogP contribution is -2.36. The molecule has 0 saturated heterocycles. The number of aliphatic hydroxyl groups is 1. The van der Waals surface area contributed by atoms with E-state index in [4.69, 9.17) is 5.11 Å². The maximum absolute atomic E-state index is 12.3. The lowest BCUT2D eigenvalue weighted by Gasteiger charge is -2.21. The van der Waals surface area contributed by atoms with Gasteiger partial charge in [-0.1, -0.05) is 30.3 Å². The summed E-state index contributed by atoms with van der Waals surface area (Å²) >= 11 is 0. The molecule has 0 aliphatic carbocycles. The normalized spacial score (nSPS) is 10.3. The Morgan fingerprint density at radius 2 is 1.86 bits per heavy atom. The molecule has 1 heterocycles. The molecular formula is C14H15N3O4. The summed E-state index contributed by atoms with van der Waals surface area (Å²) in [5.74, 6) is -0.517. The molecule has 0 bridgehead atoms. The molecule has 110 valence electrons. The highest BCUT2D eigenvalue weighted by Crippen LogP contribution is 2.07. The van der Waals surface area contributed by atoms with Crippen molar-refractivity contribution in [1.29, 1.82) is 0 Å². The van der Waals surface area contributed by atoms with Gasteiger partial charge in [0.1, 0.15) is 5.69 Å². The molecule has 1 amide bonds. The molecule has 0 fully saturated rings. The molecule has 0 spiro atoms. The van der Waals surface area contributed by atoms with E-state index in [1.807, 2.05) is 35.3 Å². The van der Waals surface area contributed by atoms with Crippen LogP contribution >= 0.6 is 0 Å². The van der Waals surface area contributed by atoms with Gasteiger partial charge in [-0.15, -0.1) is 0 Å². The molecule has 1 aromatic heterocycles. The third kappa shape index (κ3) is 3.90. The fraction of sp³-hybridized carbons (Fsp3) is 0.214. The van der Waals surface area contributed by atoms with Gasteiger partial charge in [-0.25, -0.2) is 4.79 Å². The second kappa shape index (κ2) is 6.67. The molecule has 0 aliphatic rings. The van der Waals surface area contributed by atoms with Gasteiger partial charge >= 0.3 is 5.69 Å². The topological polar surface area (TPSA) is 106 Å². The van der Waals surface area contributed by atoms with Crippen molar-refractivity contribution in [3.05, 3.63) is 68.5 Å². The minimum atomic E-state index is -0.741. The lowest BCUT2D eigenvalue weighted by atomic mass is 10.2. The smallest absolute Gasteiger partial charge is 0.326 e. The van der Waals surface area contributed by atoms with Crippen molar-refractivity contribution in [2.75, 3.05) is 13.2 Å². The van der Waals surface area contributed by atoms with Gasteiger partial charge in [0.15, 0.2) is 0 Å². The van der Waals surface area contributed by atoms with Crippen LogP contribution in [0.3, 0.4) is 0 Å². The Labute approximate surface area is 119 Å². The van der Waals surface area contributed by atoms with Gasteiger partial charge in [0.25, 0.3) is 11.5 Å². The summed E-state index contributed by atoms with van der Waals surface area (Å²) in [7, 11) is 0. The van der Waals surface area contributed by atoms with E-state index in [-0.39, 0.29) is 25.4 Å². The first-order valence-electron chi connectivity index (χ1n) is 6.38. The molecule has 0 aliphatic heterocycles. The van der Waals surface area contributed by atoms with Gasteiger partial charge in [-0.2, -0.15) is 0 Å². The van der Waals surface area contributed by atoms with Crippen molar-refractivity contribution in [3.8, 4) is 0 Å². The van der Waals surface area contributed by atoms with Crippen LogP contribution in [-0.4, -0.2) is 39.0 Å². The maximum Gasteiger partial charge on any atom is 0.326 e. The van der Waals surface area contributed by atoms with E-state index < -0.39 is 17.2 Å². The quantitative estimate of drug-likeness (QED) is 0.702. The summed E-state index contributed by atoms with van der Waals surface area (Å²) in [6, 6.07) is 10.3. The van der Waals surface area contributed by atoms with E-state index >= 15 is 0 Å². The Hall–Kier alpha value is -2.67. The van der Waals surface area contributed by atoms with Crippen LogP contribution in [0.4, 0.5) is 0 Å². The summed E-state index contributed by atoms with van der Waals surface area (Å²) in [6.45, 7) is 0.156. The number of hydrogen-bond donors (Lipinski definition) is 3. The SMILES string of the molecule is O=C(c1cc(=O)[nH]c(=O)[nH]1)N(CCO)Cc1ccccc1. The maximum atomic E-state index is 12.3. The van der Waals surface area contributed by atoms with Crippen LogP contribution < -0.4 is 11.2 Å².